The van der Waals surface area contributed by atoms with E-state index in [-0.39, 0.29) is 6.42 Å². The summed E-state index contributed by atoms with van der Waals surface area (Å²) < 4.78 is 0. The molecule has 84 valence electrons. The summed E-state index contributed by atoms with van der Waals surface area (Å²) in [6.07, 6.45) is 0.378. The number of hydrogen-bond donors (Lipinski definition) is 2. The number of aliphatic hydroxyl groups excluding tert-OH is 1. The Hall–Kier alpha value is -0.980. The van der Waals surface area contributed by atoms with Gasteiger partial charge in [0.15, 0.2) is 0 Å². The molecule has 0 radical (unpaired) electrons. The molecule has 1 rings (SSSR count). The van der Waals surface area contributed by atoms with Crippen LogP contribution in [0.1, 0.15) is 22.4 Å². The minimum atomic E-state index is -1.02. The first-order chi connectivity index (χ1) is 6.99. The van der Waals surface area contributed by atoms with Crippen molar-refractivity contribution in [3.05, 3.63) is 16.1 Å². The van der Waals surface area contributed by atoms with Crippen molar-refractivity contribution < 1.29 is 15.0 Å². The van der Waals surface area contributed by atoms with Crippen LogP contribution < -0.4 is 0 Å². The second-order valence-corrected chi connectivity index (χ2v) is 4.66. The smallest absolute Gasteiger partial charge is 0.306 e. The van der Waals surface area contributed by atoms with Crippen LogP contribution in [0.5, 0.6) is 0 Å². The van der Waals surface area contributed by atoms with Crippen molar-refractivity contribution in [3.63, 3.8) is 0 Å². The fraction of sp³-hybridized carbons (Fsp3) is 0.556. The van der Waals surface area contributed by atoms with Crippen molar-refractivity contribution in [2.45, 2.75) is 19.1 Å². The van der Waals surface area contributed by atoms with Gasteiger partial charge >= 0.3 is 5.97 Å². The molecule has 0 aliphatic carbocycles. The normalized spacial score (nSPS) is 13.1. The third-order valence-electron chi connectivity index (χ3n) is 1.70. The highest BCUT2D eigenvalue weighted by Crippen LogP contribution is 2.23. The van der Waals surface area contributed by atoms with Crippen molar-refractivity contribution in [2.24, 2.45) is 0 Å². The summed E-state index contributed by atoms with van der Waals surface area (Å²) in [6.45, 7) is 0.747. The van der Waals surface area contributed by atoms with E-state index in [4.69, 9.17) is 5.11 Å². The molecule has 0 aliphatic heterocycles. The monoisotopic (exact) mass is 230 g/mol. The molecular formula is C9H14N2O3S. The van der Waals surface area contributed by atoms with Gasteiger partial charge in [-0.3, -0.25) is 4.79 Å². The predicted molar refractivity (Wildman–Crippen MR) is 56.7 cm³/mol. The fourth-order valence-corrected chi connectivity index (χ4v) is 2.14. The molecule has 0 saturated heterocycles. The molecule has 0 bridgehead atoms. The number of nitrogens with zero attached hydrogens (tertiary/aromatic N) is 2. The summed E-state index contributed by atoms with van der Waals surface area (Å²) in [7, 11) is 3.88. The van der Waals surface area contributed by atoms with Gasteiger partial charge in [-0.2, -0.15) is 0 Å². The van der Waals surface area contributed by atoms with Crippen LogP contribution in [0.2, 0.25) is 0 Å². The number of aliphatic hydroxyl groups is 1. The standard InChI is InChI=1S/C9H14N2O3S/c1-11(2)5-6-4-10-9(15-6)7(12)3-8(13)14/h4,7,12H,3,5H2,1-2H3,(H,13,14)/t7-/m1/s1. The van der Waals surface area contributed by atoms with E-state index in [1.165, 1.54) is 11.3 Å². The number of carboxylic acid groups (broad SMARTS) is 1. The lowest BCUT2D eigenvalue weighted by Gasteiger charge is -2.06. The van der Waals surface area contributed by atoms with Gasteiger partial charge in [-0.1, -0.05) is 0 Å². The van der Waals surface area contributed by atoms with Crippen molar-refractivity contribution in [2.75, 3.05) is 14.1 Å². The quantitative estimate of drug-likeness (QED) is 0.779. The second kappa shape index (κ2) is 5.20. The van der Waals surface area contributed by atoms with Gasteiger partial charge in [0.05, 0.1) is 6.42 Å². The Kier molecular flexibility index (Phi) is 4.19. The second-order valence-electron chi connectivity index (χ2n) is 3.52. The van der Waals surface area contributed by atoms with Crippen molar-refractivity contribution in [1.29, 1.82) is 0 Å². The first kappa shape index (κ1) is 12.1. The molecule has 0 spiro atoms. The van der Waals surface area contributed by atoms with E-state index in [1.807, 2.05) is 19.0 Å². The molecule has 2 N–H and O–H groups in total. The Labute approximate surface area is 92.0 Å². The Morgan fingerprint density at radius 2 is 2.33 bits per heavy atom. The van der Waals surface area contributed by atoms with Gasteiger partial charge in [0.2, 0.25) is 0 Å². The van der Waals surface area contributed by atoms with Crippen LogP contribution in [0.4, 0.5) is 0 Å². The summed E-state index contributed by atoms with van der Waals surface area (Å²) in [5, 5.41) is 18.5. The molecule has 15 heavy (non-hydrogen) atoms. The summed E-state index contributed by atoms with van der Waals surface area (Å²) in [4.78, 5) is 17.4. The Morgan fingerprint density at radius 3 is 2.87 bits per heavy atom. The highest BCUT2D eigenvalue weighted by atomic mass is 32.1. The van der Waals surface area contributed by atoms with Crippen LogP contribution in [-0.2, 0) is 11.3 Å². The maximum Gasteiger partial charge on any atom is 0.306 e. The number of carboxylic acids is 1. The summed E-state index contributed by atoms with van der Waals surface area (Å²) in [5.41, 5.74) is 0. The van der Waals surface area contributed by atoms with E-state index < -0.39 is 12.1 Å². The lowest BCUT2D eigenvalue weighted by Crippen LogP contribution is -2.09. The van der Waals surface area contributed by atoms with E-state index in [9.17, 15) is 9.90 Å². The molecule has 0 saturated carbocycles. The zero-order valence-electron chi connectivity index (χ0n) is 8.67. The molecule has 1 heterocycles. The van der Waals surface area contributed by atoms with Gasteiger partial charge in [-0.15, -0.1) is 11.3 Å². The fourth-order valence-electron chi connectivity index (χ4n) is 1.11. The van der Waals surface area contributed by atoms with Crippen LogP contribution in [0, 0.1) is 0 Å². The van der Waals surface area contributed by atoms with Crippen LogP contribution in [-0.4, -0.2) is 40.2 Å². The molecule has 0 unspecified atom stereocenters. The molecule has 1 aromatic rings. The number of aliphatic carboxylic acids is 1. The van der Waals surface area contributed by atoms with Gasteiger partial charge in [0.1, 0.15) is 11.1 Å². The zero-order chi connectivity index (χ0) is 11.4. The SMILES string of the molecule is CN(C)Cc1cnc([C@H](O)CC(=O)O)s1. The van der Waals surface area contributed by atoms with Crippen molar-refractivity contribution >= 4 is 17.3 Å². The number of rotatable bonds is 5. The van der Waals surface area contributed by atoms with Crippen molar-refractivity contribution in [1.82, 2.24) is 9.88 Å². The van der Waals surface area contributed by atoms with E-state index in [1.54, 1.807) is 6.20 Å². The first-order valence-electron chi connectivity index (χ1n) is 4.48. The average molecular weight is 230 g/mol. The molecular weight excluding hydrogens is 216 g/mol. The molecule has 0 fully saturated rings. The van der Waals surface area contributed by atoms with Gasteiger partial charge in [-0.25, -0.2) is 4.98 Å². The van der Waals surface area contributed by atoms with Crippen LogP contribution >= 0.6 is 11.3 Å². The molecule has 0 amide bonds. The average Bonchev–Trinajstić information content (AvgIpc) is 2.50. The van der Waals surface area contributed by atoms with E-state index in [2.05, 4.69) is 4.98 Å². The van der Waals surface area contributed by atoms with E-state index in [0.29, 0.717) is 5.01 Å². The lowest BCUT2D eigenvalue weighted by molar-refractivity contribution is -0.139. The van der Waals surface area contributed by atoms with Gasteiger partial charge in [0.25, 0.3) is 0 Å². The molecule has 0 aliphatic rings. The summed E-state index contributed by atoms with van der Waals surface area (Å²) >= 11 is 1.35. The maximum atomic E-state index is 10.4. The van der Waals surface area contributed by atoms with Crippen LogP contribution in [0.15, 0.2) is 6.20 Å². The highest BCUT2D eigenvalue weighted by molar-refractivity contribution is 7.11. The molecule has 0 aromatic carbocycles. The molecule has 1 aromatic heterocycles. The highest BCUT2D eigenvalue weighted by Gasteiger charge is 2.15. The minimum absolute atomic E-state index is 0.297. The minimum Gasteiger partial charge on any atom is -0.481 e. The largest absolute Gasteiger partial charge is 0.481 e. The number of carbonyl (C=O) groups is 1. The maximum absolute atomic E-state index is 10.4. The van der Waals surface area contributed by atoms with Gasteiger partial charge in [0, 0.05) is 17.6 Å². The summed E-state index contributed by atoms with van der Waals surface area (Å²) in [6, 6.07) is 0. The number of aromatic nitrogens is 1. The van der Waals surface area contributed by atoms with Crippen molar-refractivity contribution in [3.8, 4) is 0 Å². The number of hydrogen-bond acceptors (Lipinski definition) is 5. The number of thiazole rings is 1. The van der Waals surface area contributed by atoms with Gasteiger partial charge in [-0.05, 0) is 14.1 Å². The molecule has 1 atom stereocenters. The Morgan fingerprint density at radius 1 is 1.67 bits per heavy atom. The first-order valence-corrected chi connectivity index (χ1v) is 5.30. The third kappa shape index (κ3) is 3.94. The van der Waals surface area contributed by atoms with Gasteiger partial charge < -0.3 is 15.1 Å². The Balaban J connectivity index is 2.62. The topological polar surface area (TPSA) is 73.7 Å². The van der Waals surface area contributed by atoms with Crippen LogP contribution in [0.3, 0.4) is 0 Å². The molecule has 6 heteroatoms. The van der Waals surface area contributed by atoms with E-state index in [0.717, 1.165) is 11.4 Å². The molecule has 5 nitrogen and oxygen atoms in total. The zero-order valence-corrected chi connectivity index (χ0v) is 9.49. The lowest BCUT2D eigenvalue weighted by atomic mass is 10.3. The predicted octanol–water partition coefficient (Wildman–Crippen LogP) is 0.713. The van der Waals surface area contributed by atoms with Crippen LogP contribution in [0.25, 0.3) is 0 Å². The van der Waals surface area contributed by atoms with E-state index >= 15 is 0 Å². The third-order valence-corrected chi connectivity index (χ3v) is 2.78. The Bertz CT molecular complexity index is 338. The summed E-state index contributed by atoms with van der Waals surface area (Å²) in [5.74, 6) is -1.02.